The fraction of sp³-hybridized carbons (Fsp3) is 0.561. The monoisotopic (exact) mass is 787 g/mol. The molecule has 13 heteroatoms. The number of aliphatic hydroxyl groups excluding tert-OH is 6. The molecule has 0 heterocycles. The molecule has 0 radical (unpaired) electrons. The molecule has 54 heavy (non-hydrogen) atoms. The average Bonchev–Trinajstić information content (AvgIpc) is 4.14. The fourth-order valence-corrected chi connectivity index (χ4v) is 7.57. The molecular weight excluding hydrogens is 730 g/mol. The fourth-order valence-electron chi connectivity index (χ4n) is 6.41. The second-order valence-corrected chi connectivity index (χ2v) is 15.7. The molecule has 4 atom stereocenters. The Morgan fingerprint density at radius 1 is 1.04 bits per heavy atom. The van der Waals surface area contributed by atoms with E-state index in [1.165, 1.54) is 4.90 Å². The molecule has 2 aromatic rings. The minimum atomic E-state index is -1.95. The van der Waals surface area contributed by atoms with E-state index < -0.39 is 36.9 Å². The van der Waals surface area contributed by atoms with E-state index >= 15 is 0 Å². The highest BCUT2D eigenvalue weighted by molar-refractivity contribution is 7.99. The first-order valence-corrected chi connectivity index (χ1v) is 20.4. The van der Waals surface area contributed by atoms with E-state index in [0.717, 1.165) is 77.2 Å². The van der Waals surface area contributed by atoms with E-state index in [1.807, 2.05) is 43.5 Å². The van der Waals surface area contributed by atoms with E-state index in [2.05, 4.69) is 35.2 Å². The molecule has 4 rings (SSSR count). The largest absolute Gasteiger partial charge is 0.490 e. The number of allylic oxidation sites excluding steroid dienone is 1. The third-order valence-corrected chi connectivity index (χ3v) is 11.4. The second-order valence-electron chi connectivity index (χ2n) is 14.1. The van der Waals surface area contributed by atoms with Gasteiger partial charge in [0, 0.05) is 53.5 Å². The number of nitrogens with one attached hydrogen (secondary N) is 1. The zero-order valence-corrected chi connectivity index (χ0v) is 32.9. The van der Waals surface area contributed by atoms with E-state index in [1.54, 1.807) is 11.8 Å². The number of unbranched alkanes of at least 4 members (excludes halogenated alkanes) is 4. The summed E-state index contributed by atoms with van der Waals surface area (Å²) in [5, 5.41) is 63.1. The number of nitrogens with zero attached hydrogens (tertiary/aromatic N) is 2. The van der Waals surface area contributed by atoms with Gasteiger partial charge >= 0.3 is 0 Å². The van der Waals surface area contributed by atoms with Gasteiger partial charge in [-0.3, -0.25) is 9.79 Å². The maximum Gasteiger partial charge on any atom is 0.254 e. The predicted molar refractivity (Wildman–Crippen MR) is 215 cm³/mol. The highest BCUT2D eigenvalue weighted by Gasteiger charge is 2.47. The van der Waals surface area contributed by atoms with Crippen LogP contribution in [0.3, 0.4) is 0 Å². The van der Waals surface area contributed by atoms with Crippen LogP contribution in [0.5, 0.6) is 5.75 Å². The number of para-hydroxylation sites is 1. The van der Waals surface area contributed by atoms with E-state index in [-0.39, 0.29) is 18.2 Å². The SMILES string of the molecule is C=N/C=C(\C(=C/C)c1ccccc1OC1CC1)C1(NCc2cc(SCCCCCN(CCCCCO)C(=O)[C@@H](O)[C@@H](O)[C@H](O)[C@@H](O)CO)ccc2Cl)CC1. The Balaban J connectivity index is 1.30. The Labute approximate surface area is 328 Å². The Bertz CT molecular complexity index is 1570. The van der Waals surface area contributed by atoms with Gasteiger partial charge in [0.05, 0.1) is 12.7 Å². The normalized spacial score (nSPS) is 17.8. The molecule has 2 aliphatic carbocycles. The molecule has 0 aromatic heterocycles. The third-order valence-electron chi connectivity index (χ3n) is 9.94. The van der Waals surface area contributed by atoms with Crippen molar-refractivity contribution in [3.05, 3.63) is 76.5 Å². The molecule has 0 spiro atoms. The number of carbonyl (C=O) groups excluding carboxylic acids is 1. The van der Waals surface area contributed by atoms with E-state index in [4.69, 9.17) is 26.6 Å². The maximum atomic E-state index is 13.1. The van der Waals surface area contributed by atoms with Gasteiger partial charge < -0.3 is 45.6 Å². The summed E-state index contributed by atoms with van der Waals surface area (Å²) in [5.41, 5.74) is 3.97. The quantitative estimate of drug-likeness (QED) is 0.0301. The van der Waals surface area contributed by atoms with Gasteiger partial charge in [0.1, 0.15) is 24.1 Å². The van der Waals surface area contributed by atoms with Crippen LogP contribution in [0.4, 0.5) is 0 Å². The number of halogens is 1. The lowest BCUT2D eigenvalue weighted by atomic mass is 9.90. The molecule has 0 unspecified atom stereocenters. The van der Waals surface area contributed by atoms with Crippen LogP contribution in [0.2, 0.25) is 5.02 Å². The summed E-state index contributed by atoms with van der Waals surface area (Å²) < 4.78 is 6.27. The number of thioether (sulfide) groups is 1. The van der Waals surface area contributed by atoms with Gasteiger partial charge in [-0.05, 0) is 118 Å². The molecule has 0 aliphatic heterocycles. The topological polar surface area (TPSA) is 175 Å². The smallest absolute Gasteiger partial charge is 0.254 e. The summed E-state index contributed by atoms with van der Waals surface area (Å²) in [6.07, 6.45) is 5.12. The molecule has 2 saturated carbocycles. The second kappa shape index (κ2) is 22.1. The number of aliphatic imine (C=N–C) groups is 1. The standard InChI is InChI=1S/C41H58ClN3O8S/c1-3-31(32-12-6-7-13-36(32)53-29-14-15-29)33(26-43-2)41(18-19-41)44-25-28-24-30(16-17-34(28)42)54-23-11-5-9-21-45(20-8-4-10-22-46)40(52)39(51)38(50)37(49)35(48)27-47/h3,6-7,12-13,16-17,24,26,29,35,37-39,44,46-51H,2,4-5,8-11,14-15,18-23,25,27H2,1H3/b31-3-,33-26+/t35-,37+,38-,39-/m0/s1. The summed E-state index contributed by atoms with van der Waals surface area (Å²) in [4.78, 5) is 19.8. The van der Waals surface area contributed by atoms with Crippen molar-refractivity contribution >= 4 is 41.6 Å². The molecule has 0 bridgehead atoms. The third kappa shape index (κ3) is 12.6. The van der Waals surface area contributed by atoms with Crippen molar-refractivity contribution in [2.75, 3.05) is 32.1 Å². The zero-order chi connectivity index (χ0) is 39.1. The van der Waals surface area contributed by atoms with Gasteiger partial charge in [-0.2, -0.15) is 0 Å². The van der Waals surface area contributed by atoms with Crippen LogP contribution in [0.1, 0.15) is 82.3 Å². The van der Waals surface area contributed by atoms with Gasteiger partial charge in [0.2, 0.25) is 0 Å². The predicted octanol–water partition coefficient (Wildman–Crippen LogP) is 4.88. The van der Waals surface area contributed by atoms with Crippen molar-refractivity contribution in [3.63, 3.8) is 0 Å². The number of rotatable bonds is 26. The van der Waals surface area contributed by atoms with Gasteiger partial charge in [-0.25, -0.2) is 0 Å². The summed E-state index contributed by atoms with van der Waals surface area (Å²) in [6.45, 7) is 6.28. The Morgan fingerprint density at radius 2 is 1.74 bits per heavy atom. The molecule has 298 valence electrons. The van der Waals surface area contributed by atoms with Crippen molar-refractivity contribution in [2.24, 2.45) is 4.99 Å². The number of hydrogen-bond donors (Lipinski definition) is 7. The average molecular weight is 788 g/mol. The molecule has 2 aromatic carbocycles. The van der Waals surface area contributed by atoms with Crippen molar-refractivity contribution < 1.29 is 40.2 Å². The Morgan fingerprint density at radius 3 is 2.37 bits per heavy atom. The summed E-state index contributed by atoms with van der Waals surface area (Å²) in [5.74, 6) is 0.983. The molecule has 11 nitrogen and oxygen atoms in total. The molecule has 2 aliphatic rings. The first-order chi connectivity index (χ1) is 26.1. The van der Waals surface area contributed by atoms with Crippen LogP contribution in [0.25, 0.3) is 5.57 Å². The minimum Gasteiger partial charge on any atom is -0.490 e. The lowest BCUT2D eigenvalue weighted by molar-refractivity contribution is -0.158. The number of amides is 1. The minimum absolute atomic E-state index is 0.0413. The molecule has 1 amide bonds. The van der Waals surface area contributed by atoms with Crippen molar-refractivity contribution in [1.29, 1.82) is 0 Å². The van der Waals surface area contributed by atoms with Crippen molar-refractivity contribution in [1.82, 2.24) is 10.2 Å². The van der Waals surface area contributed by atoms with Crippen LogP contribution in [-0.4, -0.2) is 116 Å². The van der Waals surface area contributed by atoms with Gasteiger partial charge in [0.25, 0.3) is 5.91 Å². The highest BCUT2D eigenvalue weighted by Crippen LogP contribution is 2.49. The molecule has 0 saturated heterocycles. The lowest BCUT2D eigenvalue weighted by Gasteiger charge is -2.30. The Kier molecular flexibility index (Phi) is 18.0. The van der Waals surface area contributed by atoms with Gasteiger partial charge in [-0.15, -0.1) is 11.8 Å². The maximum absolute atomic E-state index is 13.1. The van der Waals surface area contributed by atoms with Crippen LogP contribution in [-0.2, 0) is 11.3 Å². The van der Waals surface area contributed by atoms with E-state index in [9.17, 15) is 25.2 Å². The van der Waals surface area contributed by atoms with Crippen LogP contribution in [0.15, 0.2) is 70.2 Å². The van der Waals surface area contributed by atoms with Crippen LogP contribution in [0, 0.1) is 0 Å². The lowest BCUT2D eigenvalue weighted by Crippen LogP contribution is -2.53. The van der Waals surface area contributed by atoms with Crippen molar-refractivity contribution in [3.8, 4) is 5.75 Å². The number of hydrogen-bond acceptors (Lipinski definition) is 11. The zero-order valence-electron chi connectivity index (χ0n) is 31.3. The summed E-state index contributed by atoms with van der Waals surface area (Å²) in [6, 6.07) is 14.3. The van der Waals surface area contributed by atoms with Crippen LogP contribution >= 0.6 is 23.4 Å². The number of benzene rings is 2. The molecule has 2 fully saturated rings. The van der Waals surface area contributed by atoms with Gasteiger partial charge in [-0.1, -0.05) is 42.3 Å². The number of ether oxygens (including phenoxy) is 1. The number of carbonyl (C=O) groups is 1. The Hall–Kier alpha value is -2.78. The molecular formula is C41H58ClN3O8S. The van der Waals surface area contributed by atoms with Crippen LogP contribution < -0.4 is 10.1 Å². The number of aliphatic hydroxyl groups is 6. The molecule has 7 N–H and O–H groups in total. The summed E-state index contributed by atoms with van der Waals surface area (Å²) in [7, 11) is 0. The first kappa shape index (κ1) is 43.9. The summed E-state index contributed by atoms with van der Waals surface area (Å²) >= 11 is 8.44. The van der Waals surface area contributed by atoms with Gasteiger partial charge in [0.15, 0.2) is 6.10 Å². The highest BCUT2D eigenvalue weighted by atomic mass is 35.5. The van der Waals surface area contributed by atoms with Crippen molar-refractivity contribution in [2.45, 2.75) is 119 Å². The van der Waals surface area contributed by atoms with E-state index in [0.29, 0.717) is 50.3 Å². The first-order valence-electron chi connectivity index (χ1n) is 19.1.